The third-order valence-electron chi connectivity index (χ3n) is 7.26. The average molecular weight is 578 g/mol. The van der Waals surface area contributed by atoms with Crippen LogP contribution >= 0.6 is 24.8 Å². The van der Waals surface area contributed by atoms with Gasteiger partial charge in [-0.15, -0.1) is 24.8 Å². The van der Waals surface area contributed by atoms with Gasteiger partial charge in [0.2, 0.25) is 5.78 Å². The predicted molar refractivity (Wildman–Crippen MR) is 155 cm³/mol. The van der Waals surface area contributed by atoms with Crippen LogP contribution in [0.4, 0.5) is 0 Å². The first-order chi connectivity index (χ1) is 18.2. The fourth-order valence-corrected chi connectivity index (χ4v) is 5.13. The van der Waals surface area contributed by atoms with E-state index >= 15 is 0 Å². The standard InChI is InChI=1S/C28H32N4O5.2ClH/c33-25-4-2-21-27(34)26(37-28(21)23(25)18-32-7-5-29-6-8-32)15-19-17-30-24-3-1-20(16-22(19)24)36-14-11-31-9-12-35-13-10-31;;/h1-4,15-17,29-30,33H,5-14,18H2;2*1H. The Kier molecular flexibility index (Phi) is 9.76. The molecule has 3 aliphatic rings. The Bertz CT molecular complexity index is 1330. The van der Waals surface area contributed by atoms with E-state index in [9.17, 15) is 9.90 Å². The Morgan fingerprint density at radius 2 is 1.82 bits per heavy atom. The first kappa shape index (κ1) is 29.2. The van der Waals surface area contributed by atoms with E-state index < -0.39 is 0 Å². The second-order valence-corrected chi connectivity index (χ2v) is 9.66. The zero-order valence-electron chi connectivity index (χ0n) is 21.6. The van der Waals surface area contributed by atoms with Crippen molar-refractivity contribution in [2.45, 2.75) is 6.54 Å². The second kappa shape index (κ2) is 13.0. The van der Waals surface area contributed by atoms with E-state index in [1.165, 1.54) is 0 Å². The highest BCUT2D eigenvalue weighted by molar-refractivity contribution is 6.15. The Morgan fingerprint density at radius 3 is 2.62 bits per heavy atom. The summed E-state index contributed by atoms with van der Waals surface area (Å²) in [6.45, 7) is 8.97. The minimum atomic E-state index is -0.177. The molecule has 9 nitrogen and oxygen atoms in total. The number of morpholine rings is 1. The van der Waals surface area contributed by atoms with Crippen LogP contribution in [-0.2, 0) is 11.3 Å². The number of phenols is 1. The number of ether oxygens (including phenoxy) is 3. The number of ketones is 1. The average Bonchev–Trinajstić information content (AvgIpc) is 3.47. The SMILES string of the molecule is Cl.Cl.O=C1C(=Cc2c[nH]c3ccc(OCCN4CCOCC4)cc23)Oc2c1ccc(O)c2CN1CCNCC1. The van der Waals surface area contributed by atoms with Crippen molar-refractivity contribution in [2.75, 3.05) is 65.6 Å². The number of hydrogen-bond acceptors (Lipinski definition) is 8. The van der Waals surface area contributed by atoms with Gasteiger partial charge in [-0.1, -0.05) is 0 Å². The number of hydrogen-bond donors (Lipinski definition) is 3. The van der Waals surface area contributed by atoms with Gasteiger partial charge in [-0.05, 0) is 36.4 Å². The van der Waals surface area contributed by atoms with Gasteiger partial charge in [0.05, 0.1) is 24.3 Å². The summed E-state index contributed by atoms with van der Waals surface area (Å²) in [6, 6.07) is 9.16. The number of aromatic amines is 1. The predicted octanol–water partition coefficient (Wildman–Crippen LogP) is 3.45. The number of carbonyl (C=O) groups is 1. The Morgan fingerprint density at radius 1 is 1.03 bits per heavy atom. The number of Topliss-reactive ketones (excluding diaryl/α,β-unsaturated/α-hetero) is 1. The van der Waals surface area contributed by atoms with Crippen molar-refractivity contribution >= 4 is 47.6 Å². The van der Waals surface area contributed by atoms with Gasteiger partial charge in [-0.3, -0.25) is 14.6 Å². The summed E-state index contributed by atoms with van der Waals surface area (Å²) in [6.07, 6.45) is 3.64. The molecule has 39 heavy (non-hydrogen) atoms. The molecule has 3 aromatic rings. The molecule has 1 aromatic heterocycles. The van der Waals surface area contributed by atoms with Gasteiger partial charge in [-0.2, -0.15) is 0 Å². The molecule has 6 rings (SSSR count). The van der Waals surface area contributed by atoms with E-state index in [0.717, 1.165) is 81.2 Å². The maximum Gasteiger partial charge on any atom is 0.231 e. The van der Waals surface area contributed by atoms with E-state index in [4.69, 9.17) is 14.2 Å². The number of benzene rings is 2. The number of piperazine rings is 1. The molecule has 0 saturated carbocycles. The van der Waals surface area contributed by atoms with Crippen LogP contribution in [0.1, 0.15) is 21.5 Å². The van der Waals surface area contributed by atoms with E-state index in [-0.39, 0.29) is 42.1 Å². The number of halogens is 2. The molecular weight excluding hydrogens is 543 g/mol. The molecule has 0 radical (unpaired) electrons. The van der Waals surface area contributed by atoms with Crippen molar-refractivity contribution < 1.29 is 24.1 Å². The summed E-state index contributed by atoms with van der Waals surface area (Å²) >= 11 is 0. The minimum absolute atomic E-state index is 0. The number of carbonyl (C=O) groups excluding carboxylic acids is 1. The van der Waals surface area contributed by atoms with Gasteiger partial charge in [0.1, 0.15) is 23.9 Å². The highest BCUT2D eigenvalue weighted by Crippen LogP contribution is 2.40. The zero-order chi connectivity index (χ0) is 25.2. The highest BCUT2D eigenvalue weighted by Gasteiger charge is 2.32. The first-order valence-corrected chi connectivity index (χ1v) is 12.9. The Labute approximate surface area is 239 Å². The maximum absolute atomic E-state index is 13.2. The summed E-state index contributed by atoms with van der Waals surface area (Å²) < 4.78 is 17.5. The Hall–Kier alpha value is -2.79. The molecule has 3 N–H and O–H groups in total. The molecule has 210 valence electrons. The number of nitrogens with one attached hydrogen (secondary N) is 2. The normalized spacial score (nSPS) is 18.9. The lowest BCUT2D eigenvalue weighted by Crippen LogP contribution is -2.42. The molecule has 3 aliphatic heterocycles. The molecule has 0 aliphatic carbocycles. The number of rotatable bonds is 7. The topological polar surface area (TPSA) is 99.3 Å². The lowest BCUT2D eigenvalue weighted by Gasteiger charge is -2.27. The van der Waals surface area contributed by atoms with Crippen LogP contribution in [0, 0.1) is 0 Å². The van der Waals surface area contributed by atoms with Crippen molar-refractivity contribution in [2.24, 2.45) is 0 Å². The Balaban J connectivity index is 0.00000176. The van der Waals surface area contributed by atoms with Crippen LogP contribution in [0.5, 0.6) is 17.2 Å². The summed E-state index contributed by atoms with van der Waals surface area (Å²) in [5.74, 6) is 1.47. The fourth-order valence-electron chi connectivity index (χ4n) is 5.13. The number of allylic oxidation sites excluding steroid dienone is 1. The van der Waals surface area contributed by atoms with Crippen molar-refractivity contribution in [3.8, 4) is 17.2 Å². The van der Waals surface area contributed by atoms with Gasteiger partial charge < -0.3 is 29.6 Å². The van der Waals surface area contributed by atoms with Crippen LogP contribution in [0.25, 0.3) is 17.0 Å². The van der Waals surface area contributed by atoms with Gasteiger partial charge >= 0.3 is 0 Å². The minimum Gasteiger partial charge on any atom is -0.507 e. The third kappa shape index (κ3) is 6.35. The second-order valence-electron chi connectivity index (χ2n) is 9.66. The van der Waals surface area contributed by atoms with Crippen LogP contribution in [-0.4, -0.2) is 91.3 Å². The third-order valence-corrected chi connectivity index (χ3v) is 7.26. The summed E-state index contributed by atoms with van der Waals surface area (Å²) in [4.78, 5) is 21.1. The van der Waals surface area contributed by atoms with Crippen LogP contribution in [0.15, 0.2) is 42.3 Å². The molecule has 0 bridgehead atoms. The summed E-state index contributed by atoms with van der Waals surface area (Å²) in [5, 5.41) is 14.9. The largest absolute Gasteiger partial charge is 0.507 e. The van der Waals surface area contributed by atoms with Gasteiger partial charge in [-0.25, -0.2) is 0 Å². The molecule has 2 aromatic carbocycles. The molecule has 2 saturated heterocycles. The molecular formula is C28H34Cl2N4O5. The van der Waals surface area contributed by atoms with Crippen molar-refractivity contribution in [3.05, 3.63) is 59.0 Å². The van der Waals surface area contributed by atoms with Crippen LogP contribution < -0.4 is 14.8 Å². The van der Waals surface area contributed by atoms with E-state index in [1.807, 2.05) is 24.4 Å². The monoisotopic (exact) mass is 576 g/mol. The quantitative estimate of drug-likeness (QED) is 0.368. The first-order valence-electron chi connectivity index (χ1n) is 12.9. The molecule has 0 unspecified atom stereocenters. The number of nitrogens with zero attached hydrogens (tertiary/aromatic N) is 2. The van der Waals surface area contributed by atoms with Crippen LogP contribution in [0.2, 0.25) is 0 Å². The van der Waals surface area contributed by atoms with Gasteiger partial charge in [0.25, 0.3) is 0 Å². The number of H-pyrrole nitrogens is 1. The summed E-state index contributed by atoms with van der Waals surface area (Å²) in [7, 11) is 0. The van der Waals surface area contributed by atoms with E-state index in [2.05, 4.69) is 20.1 Å². The zero-order valence-corrected chi connectivity index (χ0v) is 23.2. The van der Waals surface area contributed by atoms with Crippen molar-refractivity contribution in [1.29, 1.82) is 0 Å². The lowest BCUT2D eigenvalue weighted by atomic mass is 10.0. The summed E-state index contributed by atoms with van der Waals surface area (Å²) in [5.41, 5.74) is 2.94. The number of phenolic OH excluding ortho intramolecular Hbond substituents is 1. The molecule has 11 heteroatoms. The highest BCUT2D eigenvalue weighted by atomic mass is 35.5. The number of aromatic nitrogens is 1. The fraction of sp³-hybridized carbons (Fsp3) is 0.393. The number of aromatic hydroxyl groups is 1. The molecule has 2 fully saturated rings. The van der Waals surface area contributed by atoms with Gasteiger partial charge in [0, 0.05) is 75.0 Å². The maximum atomic E-state index is 13.2. The lowest BCUT2D eigenvalue weighted by molar-refractivity contribution is 0.0322. The van der Waals surface area contributed by atoms with Crippen molar-refractivity contribution in [3.63, 3.8) is 0 Å². The molecule has 0 amide bonds. The van der Waals surface area contributed by atoms with E-state index in [0.29, 0.717) is 30.0 Å². The molecule has 4 heterocycles. The number of fused-ring (bicyclic) bond motifs is 2. The molecule has 0 spiro atoms. The van der Waals surface area contributed by atoms with Gasteiger partial charge in [0.15, 0.2) is 5.76 Å². The smallest absolute Gasteiger partial charge is 0.231 e. The van der Waals surface area contributed by atoms with Crippen molar-refractivity contribution in [1.82, 2.24) is 20.1 Å². The van der Waals surface area contributed by atoms with Crippen LogP contribution in [0.3, 0.4) is 0 Å². The molecule has 0 atom stereocenters. The van der Waals surface area contributed by atoms with E-state index in [1.54, 1.807) is 18.2 Å².